The van der Waals surface area contributed by atoms with E-state index in [0.29, 0.717) is 17.8 Å². The second-order valence-electron chi connectivity index (χ2n) is 7.64. The van der Waals surface area contributed by atoms with Gasteiger partial charge in [0.15, 0.2) is 0 Å². The van der Waals surface area contributed by atoms with E-state index in [0.717, 1.165) is 24.8 Å². The van der Waals surface area contributed by atoms with E-state index in [4.69, 9.17) is 0 Å². The molecule has 0 radical (unpaired) electrons. The topological polar surface area (TPSA) is 66.5 Å². The van der Waals surface area contributed by atoms with Crippen LogP contribution >= 0.6 is 0 Å². The van der Waals surface area contributed by atoms with Gasteiger partial charge in [0, 0.05) is 12.1 Å². The van der Waals surface area contributed by atoms with Gasteiger partial charge in [0.2, 0.25) is 10.0 Å². The molecule has 156 valence electrons. The summed E-state index contributed by atoms with van der Waals surface area (Å²) in [4.78, 5) is 12.8. The molecule has 6 heteroatoms. The average Bonchev–Trinajstić information content (AvgIpc) is 2.71. The third-order valence-corrected chi connectivity index (χ3v) is 6.86. The second-order valence-corrected chi connectivity index (χ2v) is 9.55. The smallest absolute Gasteiger partial charge is 0.251 e. The van der Waals surface area contributed by atoms with Crippen LogP contribution in [0.2, 0.25) is 0 Å². The molecule has 1 atom stereocenters. The van der Waals surface area contributed by atoms with Gasteiger partial charge in [-0.2, -0.15) is 0 Å². The van der Waals surface area contributed by atoms with Crippen molar-refractivity contribution in [2.45, 2.75) is 52.0 Å². The highest BCUT2D eigenvalue weighted by Crippen LogP contribution is 2.26. The Labute approximate surface area is 174 Å². The highest BCUT2D eigenvalue weighted by molar-refractivity contribution is 7.92. The first-order valence-corrected chi connectivity index (χ1v) is 12.2. The molecular formula is C23H30N2O3S. The van der Waals surface area contributed by atoms with Crippen molar-refractivity contribution < 1.29 is 13.2 Å². The number of anilines is 1. The fourth-order valence-electron chi connectivity index (χ4n) is 4.02. The second kappa shape index (κ2) is 8.99. The van der Waals surface area contributed by atoms with Crippen molar-refractivity contribution in [1.82, 2.24) is 5.32 Å². The molecular weight excluding hydrogens is 384 g/mol. The lowest BCUT2D eigenvalue weighted by Gasteiger charge is -2.22. The summed E-state index contributed by atoms with van der Waals surface area (Å²) in [6.07, 6.45) is 6.73. The van der Waals surface area contributed by atoms with Crippen LogP contribution in [0.25, 0.3) is 0 Å². The molecule has 2 aromatic carbocycles. The van der Waals surface area contributed by atoms with Crippen LogP contribution in [0.3, 0.4) is 0 Å². The van der Waals surface area contributed by atoms with Crippen molar-refractivity contribution in [3.8, 4) is 0 Å². The molecule has 0 spiro atoms. The van der Waals surface area contributed by atoms with Crippen LogP contribution in [0.1, 0.15) is 66.2 Å². The molecule has 0 saturated heterocycles. The predicted octanol–water partition coefficient (Wildman–Crippen LogP) is 4.23. The molecule has 29 heavy (non-hydrogen) atoms. The number of benzene rings is 2. The van der Waals surface area contributed by atoms with Gasteiger partial charge >= 0.3 is 0 Å². The minimum atomic E-state index is -3.34. The number of nitrogens with one attached hydrogen (secondary N) is 1. The third-order valence-electron chi connectivity index (χ3n) is 5.59. The molecule has 0 heterocycles. The summed E-state index contributed by atoms with van der Waals surface area (Å²) in [6, 6.07) is 13.3. The van der Waals surface area contributed by atoms with E-state index in [1.54, 1.807) is 31.2 Å². The lowest BCUT2D eigenvalue weighted by Crippen LogP contribution is -2.30. The van der Waals surface area contributed by atoms with Crippen molar-refractivity contribution >= 4 is 21.6 Å². The Kier molecular flexibility index (Phi) is 6.63. The molecule has 3 rings (SSSR count). The minimum Gasteiger partial charge on any atom is -0.345 e. The summed E-state index contributed by atoms with van der Waals surface area (Å²) in [5.41, 5.74) is 5.07. The standard InChI is InChI=1S/C23H30N2O3S/c1-4-22(20-11-10-17-8-6-7-9-19(17)16-20)24-23(26)18-12-14-21(15-13-18)25(5-2)29(3,27)28/h10-16,22H,4-9H2,1-3H3,(H,24,26)/t22-/m0/s1. The van der Waals surface area contributed by atoms with Crippen LogP contribution in [0.15, 0.2) is 42.5 Å². The summed E-state index contributed by atoms with van der Waals surface area (Å²) in [5, 5.41) is 3.13. The molecule has 2 aromatic rings. The van der Waals surface area contributed by atoms with Gasteiger partial charge in [0.25, 0.3) is 5.91 Å². The van der Waals surface area contributed by atoms with E-state index < -0.39 is 10.0 Å². The van der Waals surface area contributed by atoms with Gasteiger partial charge < -0.3 is 5.32 Å². The predicted molar refractivity (Wildman–Crippen MR) is 118 cm³/mol. The van der Waals surface area contributed by atoms with E-state index in [1.807, 2.05) is 0 Å². The monoisotopic (exact) mass is 414 g/mol. The fraction of sp³-hybridized carbons (Fsp3) is 0.435. The normalized spacial score (nSPS) is 14.7. The molecule has 0 aromatic heterocycles. The molecule has 5 nitrogen and oxygen atoms in total. The molecule has 0 bridgehead atoms. The zero-order valence-corrected chi connectivity index (χ0v) is 18.3. The quantitative estimate of drug-likeness (QED) is 0.737. The summed E-state index contributed by atoms with van der Waals surface area (Å²) < 4.78 is 25.1. The van der Waals surface area contributed by atoms with Crippen LogP contribution in [0, 0.1) is 0 Å². The molecule has 0 unspecified atom stereocenters. The van der Waals surface area contributed by atoms with Crippen LogP contribution in [0.5, 0.6) is 0 Å². The maximum atomic E-state index is 12.8. The number of fused-ring (bicyclic) bond motifs is 1. The number of sulfonamides is 1. The Morgan fingerprint density at radius 2 is 1.69 bits per heavy atom. The van der Waals surface area contributed by atoms with E-state index >= 15 is 0 Å². The number of nitrogens with zero attached hydrogens (tertiary/aromatic N) is 1. The Morgan fingerprint density at radius 3 is 2.28 bits per heavy atom. The number of hydrogen-bond acceptors (Lipinski definition) is 3. The lowest BCUT2D eigenvalue weighted by atomic mass is 9.88. The number of amides is 1. The highest BCUT2D eigenvalue weighted by Gasteiger charge is 2.19. The highest BCUT2D eigenvalue weighted by atomic mass is 32.2. The number of carbonyl (C=O) groups excluding carboxylic acids is 1. The van der Waals surface area contributed by atoms with Gasteiger partial charge in [-0.15, -0.1) is 0 Å². The van der Waals surface area contributed by atoms with E-state index in [2.05, 4.69) is 30.4 Å². The van der Waals surface area contributed by atoms with E-state index in [-0.39, 0.29) is 11.9 Å². The van der Waals surface area contributed by atoms with Gasteiger partial charge in [-0.1, -0.05) is 25.1 Å². The Balaban J connectivity index is 1.74. The first kappa shape index (κ1) is 21.4. The van der Waals surface area contributed by atoms with Gasteiger partial charge in [-0.25, -0.2) is 8.42 Å². The van der Waals surface area contributed by atoms with Crippen molar-refractivity contribution in [3.63, 3.8) is 0 Å². The van der Waals surface area contributed by atoms with Gasteiger partial charge in [0.05, 0.1) is 18.0 Å². The maximum Gasteiger partial charge on any atom is 0.251 e. The zero-order valence-electron chi connectivity index (χ0n) is 17.4. The zero-order chi connectivity index (χ0) is 21.0. The summed E-state index contributed by atoms with van der Waals surface area (Å²) >= 11 is 0. The molecule has 0 aliphatic heterocycles. The van der Waals surface area contributed by atoms with Gasteiger partial charge in [-0.05, 0) is 80.0 Å². The Hall–Kier alpha value is -2.34. The number of hydrogen-bond donors (Lipinski definition) is 1. The molecule has 1 aliphatic carbocycles. The van der Waals surface area contributed by atoms with Crippen molar-refractivity contribution in [2.75, 3.05) is 17.1 Å². The average molecular weight is 415 g/mol. The lowest BCUT2D eigenvalue weighted by molar-refractivity contribution is 0.0935. The van der Waals surface area contributed by atoms with E-state index in [9.17, 15) is 13.2 Å². The molecule has 0 fully saturated rings. The Morgan fingerprint density at radius 1 is 1.03 bits per heavy atom. The van der Waals surface area contributed by atoms with Crippen molar-refractivity contribution in [2.24, 2.45) is 0 Å². The van der Waals surface area contributed by atoms with Gasteiger partial charge in [0.1, 0.15) is 0 Å². The van der Waals surface area contributed by atoms with Gasteiger partial charge in [-0.3, -0.25) is 9.10 Å². The summed E-state index contributed by atoms with van der Waals surface area (Å²) in [7, 11) is -3.34. The molecule has 1 aliphatic rings. The molecule has 0 saturated carbocycles. The summed E-state index contributed by atoms with van der Waals surface area (Å²) in [6.45, 7) is 4.20. The Bertz CT molecular complexity index is 968. The molecule has 1 amide bonds. The van der Waals surface area contributed by atoms with Crippen molar-refractivity contribution in [1.29, 1.82) is 0 Å². The first-order chi connectivity index (χ1) is 13.8. The van der Waals surface area contributed by atoms with Crippen LogP contribution < -0.4 is 9.62 Å². The number of rotatable bonds is 7. The largest absolute Gasteiger partial charge is 0.345 e. The maximum absolute atomic E-state index is 12.8. The van der Waals surface area contributed by atoms with E-state index in [1.165, 1.54) is 34.5 Å². The summed E-state index contributed by atoms with van der Waals surface area (Å²) in [5.74, 6) is -0.150. The van der Waals surface area contributed by atoms with Crippen LogP contribution in [-0.4, -0.2) is 27.1 Å². The third kappa shape index (κ3) is 4.99. The number of carbonyl (C=O) groups is 1. The minimum absolute atomic E-state index is 0.0439. The number of aryl methyl sites for hydroxylation is 2. The first-order valence-electron chi connectivity index (χ1n) is 10.3. The van der Waals surface area contributed by atoms with Crippen LogP contribution in [0.4, 0.5) is 5.69 Å². The van der Waals surface area contributed by atoms with Crippen molar-refractivity contribution in [3.05, 3.63) is 64.7 Å². The molecule has 1 N–H and O–H groups in total. The fourth-order valence-corrected chi connectivity index (χ4v) is 4.99. The SMILES string of the molecule is CC[C@H](NC(=O)c1ccc(N(CC)S(C)(=O)=O)cc1)c1ccc2c(c1)CCCC2. The van der Waals surface area contributed by atoms with Crippen LogP contribution in [-0.2, 0) is 22.9 Å².